The normalized spacial score (nSPS) is 10.3. The summed E-state index contributed by atoms with van der Waals surface area (Å²) in [6.45, 7) is 3.92. The van der Waals surface area contributed by atoms with Gasteiger partial charge in [0.15, 0.2) is 0 Å². The van der Waals surface area contributed by atoms with E-state index in [0.29, 0.717) is 11.3 Å². The molecule has 3 N–H and O–H groups in total. The molecule has 0 fully saturated rings. The number of carbonyl (C=O) groups excluding carboxylic acids is 1. The molecule has 0 aliphatic heterocycles. The Balaban J connectivity index is 2.32. The van der Waals surface area contributed by atoms with E-state index >= 15 is 0 Å². The van der Waals surface area contributed by atoms with Crippen molar-refractivity contribution < 1.29 is 4.79 Å². The molecule has 2 aromatic rings. The van der Waals surface area contributed by atoms with Crippen molar-refractivity contribution in [3.05, 3.63) is 57.6 Å². The van der Waals surface area contributed by atoms with Gasteiger partial charge in [0.1, 0.15) is 0 Å². The Morgan fingerprint density at radius 2 is 1.74 bits per heavy atom. The molecule has 2 rings (SSSR count). The van der Waals surface area contributed by atoms with Gasteiger partial charge >= 0.3 is 0 Å². The third-order valence-electron chi connectivity index (χ3n) is 2.94. The van der Waals surface area contributed by atoms with Crippen molar-refractivity contribution in [3.63, 3.8) is 0 Å². The van der Waals surface area contributed by atoms with Crippen LogP contribution in [0.25, 0.3) is 0 Å². The molecule has 4 heteroatoms. The van der Waals surface area contributed by atoms with E-state index in [2.05, 4.69) is 21.2 Å². The van der Waals surface area contributed by atoms with Gasteiger partial charge in [-0.1, -0.05) is 28.1 Å². The molecular weight excluding hydrogens is 304 g/mol. The highest BCUT2D eigenvalue weighted by Crippen LogP contribution is 2.26. The van der Waals surface area contributed by atoms with E-state index in [1.807, 2.05) is 32.0 Å². The summed E-state index contributed by atoms with van der Waals surface area (Å²) < 4.78 is 1.000. The van der Waals surface area contributed by atoms with Gasteiger partial charge in [-0.15, -0.1) is 0 Å². The van der Waals surface area contributed by atoms with Gasteiger partial charge in [-0.2, -0.15) is 0 Å². The third kappa shape index (κ3) is 2.96. The van der Waals surface area contributed by atoms with Crippen LogP contribution in [0.1, 0.15) is 21.5 Å². The standard InChI is InChI=1S/C15H15BrN2O/c1-9-7-11(16)8-10(2)14(9)18-15(19)12-5-3-4-6-13(12)17/h3-8H,17H2,1-2H3,(H,18,19). The number of halogens is 1. The van der Waals surface area contributed by atoms with Gasteiger partial charge in [0.2, 0.25) is 0 Å². The molecule has 19 heavy (non-hydrogen) atoms. The molecule has 3 nitrogen and oxygen atoms in total. The van der Waals surface area contributed by atoms with Gasteiger partial charge < -0.3 is 11.1 Å². The predicted octanol–water partition coefficient (Wildman–Crippen LogP) is 3.90. The molecule has 1 amide bonds. The fourth-order valence-electron chi connectivity index (χ4n) is 1.99. The zero-order chi connectivity index (χ0) is 14.0. The number of aryl methyl sites for hydroxylation is 2. The fourth-order valence-corrected chi connectivity index (χ4v) is 2.68. The van der Waals surface area contributed by atoms with Crippen molar-refractivity contribution in [2.24, 2.45) is 0 Å². The van der Waals surface area contributed by atoms with Crippen LogP contribution in [0.2, 0.25) is 0 Å². The van der Waals surface area contributed by atoms with Gasteiger partial charge in [-0.25, -0.2) is 0 Å². The SMILES string of the molecule is Cc1cc(Br)cc(C)c1NC(=O)c1ccccc1N. The number of hydrogen-bond acceptors (Lipinski definition) is 2. The van der Waals surface area contributed by atoms with Crippen molar-refractivity contribution >= 4 is 33.2 Å². The van der Waals surface area contributed by atoms with Crippen molar-refractivity contribution in [2.75, 3.05) is 11.1 Å². The highest BCUT2D eigenvalue weighted by Gasteiger charge is 2.12. The number of nitrogens with one attached hydrogen (secondary N) is 1. The molecule has 0 aliphatic rings. The van der Waals surface area contributed by atoms with Crippen LogP contribution in [-0.4, -0.2) is 5.91 Å². The molecule has 0 aliphatic carbocycles. The quantitative estimate of drug-likeness (QED) is 0.825. The van der Waals surface area contributed by atoms with Crippen LogP contribution < -0.4 is 11.1 Å². The lowest BCUT2D eigenvalue weighted by atomic mass is 10.1. The van der Waals surface area contributed by atoms with Gasteiger partial charge in [-0.3, -0.25) is 4.79 Å². The van der Waals surface area contributed by atoms with Gasteiger partial charge in [0, 0.05) is 15.8 Å². The molecule has 0 heterocycles. The summed E-state index contributed by atoms with van der Waals surface area (Å²) in [5.74, 6) is -0.188. The molecule has 0 saturated heterocycles. The highest BCUT2D eigenvalue weighted by atomic mass is 79.9. The van der Waals surface area contributed by atoms with Crippen LogP contribution in [0.15, 0.2) is 40.9 Å². The summed E-state index contributed by atoms with van der Waals surface area (Å²) in [5.41, 5.74) is 9.62. The number of hydrogen-bond donors (Lipinski definition) is 2. The molecule has 98 valence electrons. The lowest BCUT2D eigenvalue weighted by Crippen LogP contribution is -2.15. The Hall–Kier alpha value is -1.81. The fraction of sp³-hybridized carbons (Fsp3) is 0.133. The van der Waals surface area contributed by atoms with E-state index in [4.69, 9.17) is 5.73 Å². The number of anilines is 2. The van der Waals surface area contributed by atoms with Crippen LogP contribution in [-0.2, 0) is 0 Å². The minimum Gasteiger partial charge on any atom is -0.398 e. The number of rotatable bonds is 2. The molecular formula is C15H15BrN2O. The molecule has 2 aromatic carbocycles. The summed E-state index contributed by atoms with van der Waals surface area (Å²) in [4.78, 5) is 12.2. The summed E-state index contributed by atoms with van der Waals surface area (Å²) in [6, 6.07) is 11.0. The molecule has 0 aromatic heterocycles. The van der Waals surface area contributed by atoms with E-state index in [0.717, 1.165) is 21.3 Å². The molecule has 0 saturated carbocycles. The minimum atomic E-state index is -0.188. The Labute approximate surface area is 121 Å². The lowest BCUT2D eigenvalue weighted by molar-refractivity contribution is 0.102. The zero-order valence-electron chi connectivity index (χ0n) is 10.8. The first-order chi connectivity index (χ1) is 8.99. The van der Waals surface area contributed by atoms with Crippen molar-refractivity contribution in [3.8, 4) is 0 Å². The van der Waals surface area contributed by atoms with Gasteiger partial charge in [-0.05, 0) is 49.2 Å². The summed E-state index contributed by atoms with van der Waals surface area (Å²) in [6.07, 6.45) is 0. The van der Waals surface area contributed by atoms with E-state index < -0.39 is 0 Å². The van der Waals surface area contributed by atoms with Crippen molar-refractivity contribution in [1.82, 2.24) is 0 Å². The number of carbonyl (C=O) groups is 1. The summed E-state index contributed by atoms with van der Waals surface area (Å²) in [5, 5.41) is 2.92. The predicted molar refractivity (Wildman–Crippen MR) is 82.4 cm³/mol. The molecule has 0 atom stereocenters. The zero-order valence-corrected chi connectivity index (χ0v) is 12.4. The van der Waals surface area contributed by atoms with Gasteiger partial charge in [0.25, 0.3) is 5.91 Å². The first-order valence-electron chi connectivity index (χ1n) is 5.91. The molecule has 0 spiro atoms. The second-order valence-corrected chi connectivity index (χ2v) is 5.37. The summed E-state index contributed by atoms with van der Waals surface area (Å²) in [7, 11) is 0. The Morgan fingerprint density at radius 1 is 1.16 bits per heavy atom. The number of nitrogens with two attached hydrogens (primary N) is 1. The number of para-hydroxylation sites is 1. The van der Waals surface area contributed by atoms with Gasteiger partial charge in [0.05, 0.1) is 5.56 Å². The second kappa shape index (κ2) is 5.45. The highest BCUT2D eigenvalue weighted by molar-refractivity contribution is 9.10. The van der Waals surface area contributed by atoms with Crippen LogP contribution in [0.4, 0.5) is 11.4 Å². The van der Waals surface area contributed by atoms with Crippen LogP contribution in [0.5, 0.6) is 0 Å². The Kier molecular flexibility index (Phi) is 3.90. The maximum Gasteiger partial charge on any atom is 0.257 e. The van der Waals surface area contributed by atoms with Crippen molar-refractivity contribution in [1.29, 1.82) is 0 Å². The maximum absolute atomic E-state index is 12.2. The molecule has 0 unspecified atom stereocenters. The smallest absolute Gasteiger partial charge is 0.257 e. The van der Waals surface area contributed by atoms with Crippen LogP contribution >= 0.6 is 15.9 Å². The first-order valence-corrected chi connectivity index (χ1v) is 6.71. The average Bonchev–Trinajstić information content (AvgIpc) is 2.34. The Bertz CT molecular complexity index is 615. The maximum atomic E-state index is 12.2. The number of nitrogen functional groups attached to an aromatic ring is 1. The molecule has 0 radical (unpaired) electrons. The summed E-state index contributed by atoms with van der Waals surface area (Å²) >= 11 is 3.44. The van der Waals surface area contributed by atoms with E-state index in [-0.39, 0.29) is 5.91 Å². The number of amides is 1. The average molecular weight is 319 g/mol. The lowest BCUT2D eigenvalue weighted by Gasteiger charge is -2.13. The van der Waals surface area contributed by atoms with E-state index in [1.165, 1.54) is 0 Å². The third-order valence-corrected chi connectivity index (χ3v) is 3.40. The van der Waals surface area contributed by atoms with Crippen molar-refractivity contribution in [2.45, 2.75) is 13.8 Å². The second-order valence-electron chi connectivity index (χ2n) is 4.46. The van der Waals surface area contributed by atoms with Crippen LogP contribution in [0.3, 0.4) is 0 Å². The Morgan fingerprint density at radius 3 is 2.32 bits per heavy atom. The molecule has 0 bridgehead atoms. The van der Waals surface area contributed by atoms with Crippen LogP contribution in [0, 0.1) is 13.8 Å². The largest absolute Gasteiger partial charge is 0.398 e. The number of benzene rings is 2. The first kappa shape index (κ1) is 13.6. The monoisotopic (exact) mass is 318 g/mol. The topological polar surface area (TPSA) is 55.1 Å². The van der Waals surface area contributed by atoms with E-state index in [1.54, 1.807) is 18.2 Å². The van der Waals surface area contributed by atoms with E-state index in [9.17, 15) is 4.79 Å². The minimum absolute atomic E-state index is 0.188.